The van der Waals surface area contributed by atoms with Crippen molar-refractivity contribution in [2.75, 3.05) is 0 Å². The molecule has 72 valence electrons. The normalized spacial score (nSPS) is 10.3. The van der Waals surface area contributed by atoms with Crippen molar-refractivity contribution in [3.05, 3.63) is 42.1 Å². The first kappa shape index (κ1) is 8.55. The van der Waals surface area contributed by atoms with Gasteiger partial charge in [-0.15, -0.1) is 0 Å². The zero-order valence-electron chi connectivity index (χ0n) is 7.25. The average Bonchev–Trinajstić information content (AvgIpc) is 2.75. The quantitative estimate of drug-likeness (QED) is 0.793. The Morgan fingerprint density at radius 3 is 3.07 bits per heavy atom. The molecule has 1 N–H and O–H groups in total. The van der Waals surface area contributed by atoms with Gasteiger partial charge in [0.2, 0.25) is 0 Å². The van der Waals surface area contributed by atoms with Crippen LogP contribution in [0.5, 0.6) is 0 Å². The van der Waals surface area contributed by atoms with Crippen molar-refractivity contribution >= 4 is 5.97 Å². The van der Waals surface area contributed by atoms with Crippen molar-refractivity contribution in [2.24, 2.45) is 0 Å². The van der Waals surface area contributed by atoms with Crippen LogP contribution >= 0.6 is 0 Å². The van der Waals surface area contributed by atoms with Crippen LogP contribution in [0, 0.1) is 0 Å². The van der Waals surface area contributed by atoms with Gasteiger partial charge in [0.15, 0.2) is 0 Å². The predicted molar refractivity (Wildman–Crippen MR) is 47.0 cm³/mol. The third-order valence-electron chi connectivity index (χ3n) is 1.80. The van der Waals surface area contributed by atoms with Gasteiger partial charge in [-0.1, -0.05) is 0 Å². The van der Waals surface area contributed by atoms with Crippen molar-refractivity contribution in [3.63, 3.8) is 0 Å². The van der Waals surface area contributed by atoms with Gasteiger partial charge >= 0.3 is 5.97 Å². The summed E-state index contributed by atoms with van der Waals surface area (Å²) >= 11 is 0. The second-order valence-corrected chi connectivity index (χ2v) is 2.86. The van der Waals surface area contributed by atoms with Gasteiger partial charge in [0.1, 0.15) is 0 Å². The molecule has 0 atom stereocenters. The lowest BCUT2D eigenvalue weighted by Crippen LogP contribution is -1.99. The number of furan rings is 1. The molecular weight excluding hydrogens is 184 g/mol. The summed E-state index contributed by atoms with van der Waals surface area (Å²) < 4.78 is 6.43. The van der Waals surface area contributed by atoms with Crippen LogP contribution in [-0.4, -0.2) is 20.9 Å². The summed E-state index contributed by atoms with van der Waals surface area (Å²) in [5, 5.41) is 12.6. The van der Waals surface area contributed by atoms with Gasteiger partial charge in [-0.3, -0.25) is 4.68 Å². The van der Waals surface area contributed by atoms with E-state index in [1.807, 2.05) is 6.07 Å². The monoisotopic (exact) mass is 192 g/mol. The number of carboxylic acid groups (broad SMARTS) is 1. The molecule has 0 aliphatic heterocycles. The highest BCUT2D eigenvalue weighted by Gasteiger charge is 2.06. The molecule has 2 heterocycles. The van der Waals surface area contributed by atoms with E-state index >= 15 is 0 Å². The number of nitrogens with zero attached hydrogens (tertiary/aromatic N) is 2. The molecule has 5 heteroatoms. The molecule has 0 saturated heterocycles. The lowest BCUT2D eigenvalue weighted by atomic mass is 10.3. The standard InChI is InChI=1S/C9H8N2O3/c12-9(13)8-3-10-11(5-8)4-7-1-2-14-6-7/h1-3,5-6H,4H2,(H,12,13). The molecular formula is C9H8N2O3. The Hall–Kier alpha value is -2.04. The van der Waals surface area contributed by atoms with Crippen LogP contribution in [0.3, 0.4) is 0 Å². The van der Waals surface area contributed by atoms with Crippen molar-refractivity contribution in [1.82, 2.24) is 9.78 Å². The zero-order valence-corrected chi connectivity index (χ0v) is 7.25. The Morgan fingerprint density at radius 1 is 1.64 bits per heavy atom. The molecule has 0 radical (unpaired) electrons. The largest absolute Gasteiger partial charge is 0.478 e. The first-order valence-electron chi connectivity index (χ1n) is 4.02. The number of carboxylic acids is 1. The number of aromatic carboxylic acids is 1. The molecule has 5 nitrogen and oxygen atoms in total. The number of hydrogen-bond donors (Lipinski definition) is 1. The summed E-state index contributed by atoms with van der Waals surface area (Å²) in [5.41, 5.74) is 1.14. The van der Waals surface area contributed by atoms with E-state index in [0.717, 1.165) is 5.56 Å². The highest BCUT2D eigenvalue weighted by atomic mass is 16.4. The van der Waals surface area contributed by atoms with Crippen LogP contribution in [0.25, 0.3) is 0 Å². The van der Waals surface area contributed by atoms with Gasteiger partial charge in [0.05, 0.1) is 30.8 Å². The lowest BCUT2D eigenvalue weighted by molar-refractivity contribution is 0.0697. The van der Waals surface area contributed by atoms with E-state index in [4.69, 9.17) is 9.52 Å². The van der Waals surface area contributed by atoms with Crippen LogP contribution in [0.15, 0.2) is 35.4 Å². The molecule has 0 aliphatic carbocycles. The minimum Gasteiger partial charge on any atom is -0.478 e. The Bertz CT molecular complexity index is 431. The summed E-state index contributed by atoms with van der Waals surface area (Å²) in [6, 6.07) is 1.81. The van der Waals surface area contributed by atoms with E-state index in [1.54, 1.807) is 17.2 Å². The third kappa shape index (κ3) is 1.66. The molecule has 14 heavy (non-hydrogen) atoms. The second kappa shape index (κ2) is 3.37. The molecule has 2 aromatic heterocycles. The van der Waals surface area contributed by atoms with E-state index in [2.05, 4.69) is 5.10 Å². The van der Waals surface area contributed by atoms with Crippen molar-refractivity contribution < 1.29 is 14.3 Å². The first-order valence-corrected chi connectivity index (χ1v) is 4.02. The summed E-state index contributed by atoms with van der Waals surface area (Å²) in [6.45, 7) is 0.518. The molecule has 0 fully saturated rings. The van der Waals surface area contributed by atoms with E-state index in [9.17, 15) is 4.79 Å². The van der Waals surface area contributed by atoms with Crippen LogP contribution in [0.1, 0.15) is 15.9 Å². The Balaban J connectivity index is 2.14. The summed E-state index contributed by atoms with van der Waals surface area (Å²) in [5.74, 6) is -0.969. The van der Waals surface area contributed by atoms with Crippen LogP contribution in [-0.2, 0) is 6.54 Å². The minimum atomic E-state index is -0.969. The SMILES string of the molecule is O=C(O)c1cnn(Cc2ccoc2)c1. The number of carbonyl (C=O) groups is 1. The Labute approximate surface area is 79.6 Å². The maximum absolute atomic E-state index is 10.5. The summed E-state index contributed by atoms with van der Waals surface area (Å²) in [7, 11) is 0. The van der Waals surface area contributed by atoms with Gasteiger partial charge < -0.3 is 9.52 Å². The highest BCUT2D eigenvalue weighted by molar-refractivity contribution is 5.86. The molecule has 0 aromatic carbocycles. The van der Waals surface area contributed by atoms with E-state index in [0.29, 0.717) is 6.54 Å². The van der Waals surface area contributed by atoms with Crippen LogP contribution in [0.4, 0.5) is 0 Å². The van der Waals surface area contributed by atoms with Crippen molar-refractivity contribution in [3.8, 4) is 0 Å². The molecule has 0 unspecified atom stereocenters. The molecule has 0 bridgehead atoms. The second-order valence-electron chi connectivity index (χ2n) is 2.86. The molecule has 2 aromatic rings. The van der Waals surface area contributed by atoms with Gasteiger partial charge in [0.25, 0.3) is 0 Å². The maximum Gasteiger partial charge on any atom is 0.338 e. The minimum absolute atomic E-state index is 0.188. The number of hydrogen-bond acceptors (Lipinski definition) is 3. The van der Waals surface area contributed by atoms with Crippen LogP contribution < -0.4 is 0 Å². The van der Waals surface area contributed by atoms with E-state index in [-0.39, 0.29) is 5.56 Å². The Morgan fingerprint density at radius 2 is 2.50 bits per heavy atom. The number of rotatable bonds is 3. The van der Waals surface area contributed by atoms with Gasteiger partial charge in [-0.2, -0.15) is 5.10 Å². The van der Waals surface area contributed by atoms with Gasteiger partial charge in [-0.25, -0.2) is 4.79 Å². The molecule has 0 aliphatic rings. The van der Waals surface area contributed by atoms with Gasteiger partial charge in [-0.05, 0) is 6.07 Å². The Kier molecular flexibility index (Phi) is 2.06. The van der Waals surface area contributed by atoms with Crippen molar-refractivity contribution in [2.45, 2.75) is 6.54 Å². The van der Waals surface area contributed by atoms with E-state index in [1.165, 1.54) is 12.4 Å². The molecule has 2 rings (SSSR count). The zero-order chi connectivity index (χ0) is 9.97. The average molecular weight is 192 g/mol. The van der Waals surface area contributed by atoms with Gasteiger partial charge in [0, 0.05) is 11.8 Å². The third-order valence-corrected chi connectivity index (χ3v) is 1.80. The first-order chi connectivity index (χ1) is 6.75. The smallest absolute Gasteiger partial charge is 0.338 e. The summed E-state index contributed by atoms with van der Waals surface area (Å²) in [4.78, 5) is 10.5. The van der Waals surface area contributed by atoms with Crippen LogP contribution in [0.2, 0.25) is 0 Å². The fourth-order valence-electron chi connectivity index (χ4n) is 1.13. The topological polar surface area (TPSA) is 68.3 Å². The molecule has 0 saturated carbocycles. The predicted octanol–water partition coefficient (Wildman–Crippen LogP) is 1.22. The fraction of sp³-hybridized carbons (Fsp3) is 0.111. The summed E-state index contributed by atoms with van der Waals surface area (Å²) in [6.07, 6.45) is 5.97. The molecule has 0 spiro atoms. The maximum atomic E-state index is 10.5. The number of aromatic nitrogens is 2. The fourth-order valence-corrected chi connectivity index (χ4v) is 1.13. The molecule has 0 amide bonds. The van der Waals surface area contributed by atoms with Crippen molar-refractivity contribution in [1.29, 1.82) is 0 Å². The van der Waals surface area contributed by atoms with E-state index < -0.39 is 5.97 Å². The lowest BCUT2D eigenvalue weighted by Gasteiger charge is -1.95. The highest BCUT2D eigenvalue weighted by Crippen LogP contribution is 2.04.